The van der Waals surface area contributed by atoms with Crippen LogP contribution in [0.1, 0.15) is 39.2 Å². The van der Waals surface area contributed by atoms with Crippen molar-refractivity contribution in [3.05, 3.63) is 22.8 Å². The van der Waals surface area contributed by atoms with Crippen LogP contribution >= 0.6 is 11.6 Å². The number of nitrogens with zero attached hydrogens (tertiary/aromatic N) is 2. The van der Waals surface area contributed by atoms with Gasteiger partial charge in [-0.05, 0) is 31.4 Å². The molecule has 100 valence electrons. The third-order valence-electron chi connectivity index (χ3n) is 3.42. The molecule has 0 aromatic carbocycles. The summed E-state index contributed by atoms with van der Waals surface area (Å²) < 4.78 is 0. The van der Waals surface area contributed by atoms with Crippen LogP contribution in [-0.4, -0.2) is 23.6 Å². The zero-order valence-electron chi connectivity index (χ0n) is 11.4. The Hall–Kier alpha value is -0.800. The quantitative estimate of drug-likeness (QED) is 0.908. The number of hydrogen-bond acceptors (Lipinski definition) is 3. The van der Waals surface area contributed by atoms with E-state index in [1.54, 1.807) is 0 Å². The first-order valence-electron chi connectivity index (χ1n) is 6.72. The summed E-state index contributed by atoms with van der Waals surface area (Å²) in [6.45, 7) is 8.39. The van der Waals surface area contributed by atoms with Gasteiger partial charge in [0.1, 0.15) is 5.82 Å². The second-order valence-electron chi connectivity index (χ2n) is 5.37. The van der Waals surface area contributed by atoms with Crippen molar-refractivity contribution in [1.82, 2.24) is 10.3 Å². The summed E-state index contributed by atoms with van der Waals surface area (Å²) in [6, 6.07) is 3.06. The number of rotatable bonds is 4. The molecule has 1 aliphatic rings. The van der Waals surface area contributed by atoms with Gasteiger partial charge in [0.2, 0.25) is 0 Å². The highest BCUT2D eigenvalue weighted by atomic mass is 35.5. The Bertz CT molecular complexity index is 406. The van der Waals surface area contributed by atoms with Crippen LogP contribution in [0.3, 0.4) is 0 Å². The van der Waals surface area contributed by atoms with E-state index in [-0.39, 0.29) is 0 Å². The van der Waals surface area contributed by atoms with Gasteiger partial charge in [-0.25, -0.2) is 4.98 Å². The summed E-state index contributed by atoms with van der Waals surface area (Å²) in [7, 11) is 0. The second kappa shape index (κ2) is 5.89. The van der Waals surface area contributed by atoms with Crippen LogP contribution in [0.4, 0.5) is 5.82 Å². The van der Waals surface area contributed by atoms with E-state index in [1.165, 1.54) is 12.8 Å². The first-order valence-corrected chi connectivity index (χ1v) is 7.10. The van der Waals surface area contributed by atoms with E-state index in [0.29, 0.717) is 12.1 Å². The summed E-state index contributed by atoms with van der Waals surface area (Å²) >= 11 is 6.36. The number of anilines is 1. The SMILES string of the molecule is CC(C)NCc1cnc(N2CCCC2C)c(Cl)c1. The lowest BCUT2D eigenvalue weighted by Crippen LogP contribution is -2.27. The molecule has 1 saturated heterocycles. The predicted molar refractivity (Wildman–Crippen MR) is 77.3 cm³/mol. The topological polar surface area (TPSA) is 28.2 Å². The molecule has 3 nitrogen and oxygen atoms in total. The van der Waals surface area contributed by atoms with Crippen LogP contribution in [0.25, 0.3) is 0 Å². The average molecular weight is 268 g/mol. The summed E-state index contributed by atoms with van der Waals surface area (Å²) in [5.74, 6) is 0.940. The molecule has 1 fully saturated rings. The number of nitrogens with one attached hydrogen (secondary N) is 1. The Morgan fingerprint density at radius 2 is 2.33 bits per heavy atom. The molecule has 1 N–H and O–H groups in total. The van der Waals surface area contributed by atoms with Crippen LogP contribution in [0.5, 0.6) is 0 Å². The minimum atomic E-state index is 0.474. The molecule has 0 saturated carbocycles. The van der Waals surface area contributed by atoms with E-state index < -0.39 is 0 Å². The molecule has 4 heteroatoms. The summed E-state index contributed by atoms with van der Waals surface area (Å²) in [4.78, 5) is 6.85. The first-order chi connectivity index (χ1) is 8.58. The minimum absolute atomic E-state index is 0.474. The third-order valence-corrected chi connectivity index (χ3v) is 3.70. The maximum Gasteiger partial charge on any atom is 0.147 e. The smallest absolute Gasteiger partial charge is 0.147 e. The standard InChI is InChI=1S/C14H22ClN3/c1-10(2)16-8-12-7-13(15)14(17-9-12)18-6-4-5-11(18)3/h7,9-11,16H,4-6,8H2,1-3H3. The fourth-order valence-electron chi connectivity index (χ4n) is 2.35. The molecule has 1 aromatic heterocycles. The zero-order valence-corrected chi connectivity index (χ0v) is 12.2. The molecule has 0 radical (unpaired) electrons. The summed E-state index contributed by atoms with van der Waals surface area (Å²) in [5, 5.41) is 4.14. The first kappa shape index (κ1) is 13.6. The monoisotopic (exact) mass is 267 g/mol. The highest BCUT2D eigenvalue weighted by Gasteiger charge is 2.23. The number of hydrogen-bond donors (Lipinski definition) is 1. The lowest BCUT2D eigenvalue weighted by atomic mass is 10.2. The highest BCUT2D eigenvalue weighted by Crippen LogP contribution is 2.30. The maximum absolute atomic E-state index is 6.36. The van der Waals surface area contributed by atoms with Gasteiger partial charge < -0.3 is 10.2 Å². The molecule has 0 bridgehead atoms. The highest BCUT2D eigenvalue weighted by molar-refractivity contribution is 6.33. The molecular weight excluding hydrogens is 246 g/mol. The van der Waals surface area contributed by atoms with Gasteiger partial charge in [-0.2, -0.15) is 0 Å². The Kier molecular flexibility index (Phi) is 4.46. The molecule has 1 atom stereocenters. The van der Waals surface area contributed by atoms with Crippen molar-refractivity contribution in [1.29, 1.82) is 0 Å². The van der Waals surface area contributed by atoms with Crippen LogP contribution in [0.2, 0.25) is 5.02 Å². The Labute approximate surface area is 115 Å². The molecule has 2 rings (SSSR count). The van der Waals surface area contributed by atoms with Gasteiger partial charge in [-0.1, -0.05) is 25.4 Å². The number of aromatic nitrogens is 1. The van der Waals surface area contributed by atoms with Gasteiger partial charge in [-0.15, -0.1) is 0 Å². The zero-order chi connectivity index (χ0) is 13.1. The van der Waals surface area contributed by atoms with Crippen molar-refractivity contribution < 1.29 is 0 Å². The minimum Gasteiger partial charge on any atom is -0.353 e. The average Bonchev–Trinajstić information content (AvgIpc) is 2.73. The van der Waals surface area contributed by atoms with E-state index in [4.69, 9.17) is 11.6 Å². The molecule has 0 spiro atoms. The fourth-order valence-corrected chi connectivity index (χ4v) is 2.65. The third kappa shape index (κ3) is 3.15. The van der Waals surface area contributed by atoms with Gasteiger partial charge in [0, 0.05) is 31.4 Å². The van der Waals surface area contributed by atoms with Crippen LogP contribution in [-0.2, 0) is 6.54 Å². The second-order valence-corrected chi connectivity index (χ2v) is 5.78. The Morgan fingerprint density at radius 1 is 1.56 bits per heavy atom. The largest absolute Gasteiger partial charge is 0.353 e. The normalized spacial score (nSPS) is 19.8. The van der Waals surface area contributed by atoms with Crippen molar-refractivity contribution in [2.75, 3.05) is 11.4 Å². The number of halogens is 1. The van der Waals surface area contributed by atoms with Gasteiger partial charge >= 0.3 is 0 Å². The molecule has 0 aliphatic carbocycles. The number of pyridine rings is 1. The van der Waals surface area contributed by atoms with E-state index in [0.717, 1.165) is 29.5 Å². The van der Waals surface area contributed by atoms with Crippen LogP contribution in [0, 0.1) is 0 Å². The molecule has 2 heterocycles. The molecule has 18 heavy (non-hydrogen) atoms. The van der Waals surface area contributed by atoms with Crippen molar-refractivity contribution in [2.24, 2.45) is 0 Å². The van der Waals surface area contributed by atoms with Crippen molar-refractivity contribution in [3.8, 4) is 0 Å². The molecule has 0 amide bonds. The summed E-state index contributed by atoms with van der Waals surface area (Å²) in [5.41, 5.74) is 1.14. The lowest BCUT2D eigenvalue weighted by molar-refractivity contribution is 0.588. The molecule has 1 aromatic rings. The van der Waals surface area contributed by atoms with Crippen molar-refractivity contribution in [3.63, 3.8) is 0 Å². The van der Waals surface area contributed by atoms with Gasteiger partial charge in [0.15, 0.2) is 0 Å². The fraction of sp³-hybridized carbons (Fsp3) is 0.643. The van der Waals surface area contributed by atoms with E-state index >= 15 is 0 Å². The molecule has 1 unspecified atom stereocenters. The Balaban J connectivity index is 2.09. The van der Waals surface area contributed by atoms with Crippen molar-refractivity contribution >= 4 is 17.4 Å². The van der Waals surface area contributed by atoms with Gasteiger partial charge in [-0.3, -0.25) is 0 Å². The lowest BCUT2D eigenvalue weighted by Gasteiger charge is -2.23. The van der Waals surface area contributed by atoms with E-state index in [9.17, 15) is 0 Å². The summed E-state index contributed by atoms with van der Waals surface area (Å²) in [6.07, 6.45) is 4.39. The maximum atomic E-state index is 6.36. The van der Waals surface area contributed by atoms with E-state index in [1.807, 2.05) is 12.3 Å². The van der Waals surface area contributed by atoms with E-state index in [2.05, 4.69) is 36.0 Å². The van der Waals surface area contributed by atoms with Crippen molar-refractivity contribution in [2.45, 2.75) is 52.2 Å². The molecule has 1 aliphatic heterocycles. The predicted octanol–water partition coefficient (Wildman–Crippen LogP) is 3.22. The van der Waals surface area contributed by atoms with Crippen LogP contribution in [0.15, 0.2) is 12.3 Å². The van der Waals surface area contributed by atoms with Gasteiger partial charge in [0.25, 0.3) is 0 Å². The van der Waals surface area contributed by atoms with Crippen LogP contribution < -0.4 is 10.2 Å². The Morgan fingerprint density at radius 3 is 2.89 bits per heavy atom. The molecular formula is C14H22ClN3. The van der Waals surface area contributed by atoms with Gasteiger partial charge in [0.05, 0.1) is 5.02 Å².